The molecule has 4 heterocycles. The van der Waals surface area contributed by atoms with Gasteiger partial charge in [-0.1, -0.05) is 0 Å². The number of nitrogens with one attached hydrogen (secondary N) is 1. The number of hydrogen-bond acceptors (Lipinski definition) is 9. The van der Waals surface area contributed by atoms with Crippen LogP contribution in [0.15, 0.2) is 48.8 Å². The van der Waals surface area contributed by atoms with E-state index in [9.17, 15) is 10.4 Å². The molecule has 0 saturated carbocycles. The molecule has 2 fully saturated rings. The molecule has 180 valence electrons. The number of pyridine rings is 1. The number of ether oxygens (including phenoxy) is 2. The van der Waals surface area contributed by atoms with Crippen LogP contribution in [0.2, 0.25) is 0 Å². The van der Waals surface area contributed by atoms with Crippen LogP contribution in [0.3, 0.4) is 0 Å². The molecule has 0 radical (unpaired) electrons. The van der Waals surface area contributed by atoms with Crippen LogP contribution in [0.4, 0.5) is 11.6 Å². The molecular formula is C26H28N6O3. The Morgan fingerprint density at radius 3 is 2.71 bits per heavy atom. The van der Waals surface area contributed by atoms with E-state index >= 15 is 0 Å². The molecule has 3 aromatic rings. The smallest absolute Gasteiger partial charge is 0.227 e. The first-order valence-electron chi connectivity index (χ1n) is 11.9. The quantitative estimate of drug-likeness (QED) is 0.533. The highest BCUT2D eigenvalue weighted by Gasteiger charge is 2.29. The van der Waals surface area contributed by atoms with Crippen molar-refractivity contribution in [3.63, 3.8) is 0 Å². The Labute approximate surface area is 204 Å². The van der Waals surface area contributed by atoms with Crippen molar-refractivity contribution in [3.8, 4) is 23.1 Å². The van der Waals surface area contributed by atoms with Gasteiger partial charge in [0.05, 0.1) is 48.2 Å². The van der Waals surface area contributed by atoms with E-state index in [-0.39, 0.29) is 18.2 Å². The Balaban J connectivity index is 1.27. The Bertz CT molecular complexity index is 1200. The van der Waals surface area contributed by atoms with Crippen molar-refractivity contribution in [2.45, 2.75) is 38.0 Å². The minimum Gasteiger partial charge on any atom is -0.489 e. The van der Waals surface area contributed by atoms with Crippen LogP contribution in [0.25, 0.3) is 11.3 Å². The number of benzene rings is 1. The van der Waals surface area contributed by atoms with E-state index < -0.39 is 0 Å². The maximum absolute atomic E-state index is 9.67. The first-order chi connectivity index (χ1) is 17.1. The molecule has 2 aliphatic heterocycles. The number of nitriles is 1. The molecule has 9 heteroatoms. The summed E-state index contributed by atoms with van der Waals surface area (Å²) in [6.07, 6.45) is 4.92. The van der Waals surface area contributed by atoms with Gasteiger partial charge in [0.25, 0.3) is 0 Å². The highest BCUT2D eigenvalue weighted by atomic mass is 16.5. The summed E-state index contributed by atoms with van der Waals surface area (Å²) in [5.74, 6) is 1.03. The van der Waals surface area contributed by atoms with Gasteiger partial charge in [0.2, 0.25) is 5.95 Å². The number of likely N-dealkylation sites (tertiary alicyclic amines) is 1. The number of aliphatic hydroxyl groups is 1. The summed E-state index contributed by atoms with van der Waals surface area (Å²) in [4.78, 5) is 15.7. The second-order valence-corrected chi connectivity index (χ2v) is 8.90. The molecule has 2 saturated heterocycles. The largest absolute Gasteiger partial charge is 0.489 e. The normalized spacial score (nSPS) is 17.9. The first-order valence-corrected chi connectivity index (χ1v) is 11.9. The van der Waals surface area contributed by atoms with E-state index in [1.165, 1.54) is 0 Å². The van der Waals surface area contributed by atoms with Gasteiger partial charge in [-0.2, -0.15) is 5.26 Å². The van der Waals surface area contributed by atoms with Gasteiger partial charge in [-0.15, -0.1) is 0 Å². The highest BCUT2D eigenvalue weighted by molar-refractivity contribution is 5.65. The van der Waals surface area contributed by atoms with E-state index in [1.807, 2.05) is 30.3 Å². The average molecular weight is 473 g/mol. The maximum atomic E-state index is 9.67. The molecule has 0 aliphatic carbocycles. The van der Waals surface area contributed by atoms with Gasteiger partial charge < -0.3 is 19.9 Å². The summed E-state index contributed by atoms with van der Waals surface area (Å²) >= 11 is 0. The monoisotopic (exact) mass is 472 g/mol. The molecule has 35 heavy (non-hydrogen) atoms. The fourth-order valence-electron chi connectivity index (χ4n) is 4.28. The van der Waals surface area contributed by atoms with Gasteiger partial charge in [0.15, 0.2) is 0 Å². The fourth-order valence-corrected chi connectivity index (χ4v) is 4.28. The summed E-state index contributed by atoms with van der Waals surface area (Å²) in [6, 6.07) is 13.7. The van der Waals surface area contributed by atoms with Gasteiger partial charge in [-0.3, -0.25) is 9.88 Å². The number of rotatable bonds is 7. The van der Waals surface area contributed by atoms with Crippen molar-refractivity contribution in [1.29, 1.82) is 5.26 Å². The van der Waals surface area contributed by atoms with E-state index in [1.54, 1.807) is 18.5 Å². The van der Waals surface area contributed by atoms with Crippen LogP contribution in [0, 0.1) is 11.3 Å². The van der Waals surface area contributed by atoms with Gasteiger partial charge in [-0.25, -0.2) is 9.97 Å². The summed E-state index contributed by atoms with van der Waals surface area (Å²) < 4.78 is 11.4. The third-order valence-corrected chi connectivity index (χ3v) is 6.42. The lowest BCUT2D eigenvalue weighted by Crippen LogP contribution is -2.51. The van der Waals surface area contributed by atoms with Crippen molar-refractivity contribution < 1.29 is 14.6 Å². The van der Waals surface area contributed by atoms with Crippen LogP contribution in [0.5, 0.6) is 5.75 Å². The molecule has 1 unspecified atom stereocenters. The Kier molecular flexibility index (Phi) is 6.86. The molecular weight excluding hydrogens is 444 g/mol. The highest BCUT2D eigenvalue weighted by Crippen LogP contribution is 2.29. The Hall–Kier alpha value is -3.58. The van der Waals surface area contributed by atoms with Crippen LogP contribution < -0.4 is 10.1 Å². The second kappa shape index (κ2) is 10.4. The van der Waals surface area contributed by atoms with E-state index in [0.29, 0.717) is 49.3 Å². The number of anilines is 2. The van der Waals surface area contributed by atoms with Gasteiger partial charge in [0.1, 0.15) is 17.9 Å². The predicted octanol–water partition coefficient (Wildman–Crippen LogP) is 3.45. The van der Waals surface area contributed by atoms with Crippen LogP contribution in [0.1, 0.15) is 37.1 Å². The van der Waals surface area contributed by atoms with Crippen LogP contribution in [-0.2, 0) is 4.74 Å². The average Bonchev–Trinajstić information content (AvgIpc) is 2.88. The summed E-state index contributed by atoms with van der Waals surface area (Å²) in [6.45, 7) is 4.81. The lowest BCUT2D eigenvalue weighted by atomic mass is 10.1. The van der Waals surface area contributed by atoms with Crippen molar-refractivity contribution in [3.05, 3.63) is 60.0 Å². The van der Waals surface area contributed by atoms with Crippen molar-refractivity contribution in [1.82, 2.24) is 19.9 Å². The minimum atomic E-state index is -0.234. The third-order valence-electron chi connectivity index (χ3n) is 6.42. The molecule has 2 aromatic heterocycles. The topological polar surface area (TPSA) is 116 Å². The number of β-amino-alcohol motifs (C(OH)–C–C–N with tert-alkyl or cyclic N) is 1. The molecule has 1 aromatic carbocycles. The van der Waals surface area contributed by atoms with Gasteiger partial charge in [0, 0.05) is 43.7 Å². The summed E-state index contributed by atoms with van der Waals surface area (Å²) in [5.41, 5.74) is 3.71. The Morgan fingerprint density at radius 1 is 1.17 bits per heavy atom. The minimum absolute atomic E-state index is 0.0667. The summed E-state index contributed by atoms with van der Waals surface area (Å²) in [7, 11) is 0. The molecule has 1 atom stereocenters. The fraction of sp³-hybridized carbons (Fsp3) is 0.385. The molecule has 9 nitrogen and oxygen atoms in total. The zero-order valence-electron chi connectivity index (χ0n) is 19.6. The van der Waals surface area contributed by atoms with Gasteiger partial charge in [-0.05, 0) is 43.3 Å². The van der Waals surface area contributed by atoms with Crippen LogP contribution >= 0.6 is 0 Å². The van der Waals surface area contributed by atoms with Crippen molar-refractivity contribution >= 4 is 11.6 Å². The zero-order valence-corrected chi connectivity index (χ0v) is 19.6. The molecule has 2 N–H and O–H groups in total. The zero-order chi connectivity index (χ0) is 24.2. The first kappa shape index (κ1) is 23.2. The van der Waals surface area contributed by atoms with Gasteiger partial charge >= 0.3 is 0 Å². The second-order valence-electron chi connectivity index (χ2n) is 8.90. The molecule has 2 aliphatic rings. The number of aromatic nitrogens is 3. The molecule has 0 spiro atoms. The van der Waals surface area contributed by atoms with Crippen molar-refractivity contribution in [2.75, 3.05) is 31.6 Å². The Morgan fingerprint density at radius 2 is 2.00 bits per heavy atom. The van der Waals surface area contributed by atoms with E-state index in [0.717, 1.165) is 29.8 Å². The standard InChI is InChI=1S/C26H28N6O3/c1-17(32-15-21(33)16-32)23-4-3-20(14-29-23)30-26-28-9-6-24(31-26)18-2-5-25(19(12-18)13-27)35-22-7-10-34-11-8-22/h2-6,9,12,14,17,21-22,33H,7-8,10-11,15-16H2,1H3,(H,28,30,31). The lowest BCUT2D eigenvalue weighted by molar-refractivity contribution is -0.0220. The summed E-state index contributed by atoms with van der Waals surface area (Å²) in [5, 5.41) is 22.4. The SMILES string of the molecule is CC(c1ccc(Nc2nccc(-c3ccc(OC4CCOCC4)c(C#N)c3)n2)cn1)N1CC(O)C1. The van der Waals surface area contributed by atoms with E-state index in [2.05, 4.69) is 38.2 Å². The third kappa shape index (κ3) is 5.41. The van der Waals surface area contributed by atoms with E-state index in [4.69, 9.17) is 9.47 Å². The number of nitrogens with zero attached hydrogens (tertiary/aromatic N) is 5. The number of aliphatic hydroxyl groups excluding tert-OH is 1. The van der Waals surface area contributed by atoms with Crippen molar-refractivity contribution in [2.24, 2.45) is 0 Å². The molecule has 5 rings (SSSR count). The molecule has 0 bridgehead atoms. The maximum Gasteiger partial charge on any atom is 0.227 e. The van der Waals surface area contributed by atoms with Crippen LogP contribution in [-0.4, -0.2) is 63.5 Å². The molecule has 0 amide bonds. The lowest BCUT2D eigenvalue weighted by Gasteiger charge is -2.40. The number of hydrogen-bond donors (Lipinski definition) is 2. The predicted molar refractivity (Wildman–Crippen MR) is 130 cm³/mol.